The van der Waals surface area contributed by atoms with Gasteiger partial charge in [-0.25, -0.2) is 0 Å². The van der Waals surface area contributed by atoms with Crippen LogP contribution in [0.2, 0.25) is 10.0 Å². The maximum absolute atomic E-state index is 12.1. The predicted molar refractivity (Wildman–Crippen MR) is 99.7 cm³/mol. The molecule has 0 radical (unpaired) electrons. The van der Waals surface area contributed by atoms with Gasteiger partial charge in [0.25, 0.3) is 5.89 Å². The van der Waals surface area contributed by atoms with Crippen molar-refractivity contribution in [2.45, 2.75) is 12.8 Å². The lowest BCUT2D eigenvalue weighted by atomic mass is 10.2. The van der Waals surface area contributed by atoms with Gasteiger partial charge in [-0.3, -0.25) is 4.79 Å². The average Bonchev–Trinajstić information content (AvgIpc) is 3.12. The number of nitrogens with one attached hydrogen (secondary N) is 1. The first-order chi connectivity index (χ1) is 12.6. The van der Waals surface area contributed by atoms with E-state index in [-0.39, 0.29) is 18.7 Å². The van der Waals surface area contributed by atoms with Gasteiger partial charge in [-0.15, -0.1) is 10.2 Å². The Hall–Kier alpha value is -2.57. The number of nitrogens with zero attached hydrogens (tertiary/aromatic N) is 2. The summed E-state index contributed by atoms with van der Waals surface area (Å²) in [4.78, 5) is 12.1. The number of methoxy groups -OCH3 is 1. The maximum Gasteiger partial charge on any atom is 0.251 e. The van der Waals surface area contributed by atoms with Crippen molar-refractivity contribution in [3.8, 4) is 17.2 Å². The zero-order chi connectivity index (χ0) is 18.5. The summed E-state index contributed by atoms with van der Waals surface area (Å²) in [5.41, 5.74) is 1.09. The molecular weight excluding hydrogens is 377 g/mol. The van der Waals surface area contributed by atoms with Crippen molar-refractivity contribution >= 4 is 34.8 Å². The van der Waals surface area contributed by atoms with E-state index in [0.29, 0.717) is 38.8 Å². The standard InChI is InChI=1S/C18H15Cl2N3O3/c1-25-14-8-3-2-5-11(14)18-23-22-16(26-18)10-9-15(24)21-17-12(19)6-4-7-13(17)20/h2-8H,9-10H2,1H3,(H,21,24). The number of halogens is 2. The molecule has 6 nitrogen and oxygen atoms in total. The molecule has 2 aromatic carbocycles. The Morgan fingerprint density at radius 2 is 1.85 bits per heavy atom. The molecule has 134 valence electrons. The molecule has 0 saturated heterocycles. The molecular formula is C18H15Cl2N3O3. The molecule has 0 saturated carbocycles. The van der Waals surface area contributed by atoms with Gasteiger partial charge in [-0.1, -0.05) is 41.4 Å². The van der Waals surface area contributed by atoms with Gasteiger partial charge in [-0.2, -0.15) is 0 Å². The van der Waals surface area contributed by atoms with Gasteiger partial charge < -0.3 is 14.5 Å². The second-order valence-electron chi connectivity index (χ2n) is 5.35. The van der Waals surface area contributed by atoms with Gasteiger partial charge in [0.1, 0.15) is 5.75 Å². The van der Waals surface area contributed by atoms with Crippen LogP contribution in [0.4, 0.5) is 5.69 Å². The quantitative estimate of drug-likeness (QED) is 0.662. The Kier molecular flexibility index (Phi) is 5.75. The number of hydrogen-bond acceptors (Lipinski definition) is 5. The fourth-order valence-electron chi connectivity index (χ4n) is 2.32. The molecule has 0 aliphatic carbocycles. The van der Waals surface area contributed by atoms with Gasteiger partial charge in [0.05, 0.1) is 28.4 Å². The van der Waals surface area contributed by atoms with Crippen LogP contribution >= 0.6 is 23.2 Å². The van der Waals surface area contributed by atoms with Crippen molar-refractivity contribution in [1.82, 2.24) is 10.2 Å². The van der Waals surface area contributed by atoms with Crippen LogP contribution in [0.1, 0.15) is 12.3 Å². The van der Waals surface area contributed by atoms with E-state index < -0.39 is 0 Å². The third-order valence-electron chi connectivity index (χ3n) is 3.60. The summed E-state index contributed by atoms with van der Waals surface area (Å²) in [6.45, 7) is 0. The van der Waals surface area contributed by atoms with Crippen LogP contribution in [-0.2, 0) is 11.2 Å². The zero-order valence-electron chi connectivity index (χ0n) is 13.8. The highest BCUT2D eigenvalue weighted by atomic mass is 35.5. The number of carbonyl (C=O) groups excluding carboxylic acids is 1. The largest absolute Gasteiger partial charge is 0.496 e. The third kappa shape index (κ3) is 4.15. The highest BCUT2D eigenvalue weighted by Crippen LogP contribution is 2.30. The lowest BCUT2D eigenvalue weighted by Gasteiger charge is -2.08. The molecule has 1 amide bonds. The molecule has 0 fully saturated rings. The van der Waals surface area contributed by atoms with Crippen LogP contribution in [0.5, 0.6) is 5.75 Å². The summed E-state index contributed by atoms with van der Waals surface area (Å²) >= 11 is 12.1. The number of aromatic nitrogens is 2. The summed E-state index contributed by atoms with van der Waals surface area (Å²) in [6.07, 6.45) is 0.436. The summed E-state index contributed by atoms with van der Waals surface area (Å²) < 4.78 is 10.9. The van der Waals surface area contributed by atoms with E-state index in [9.17, 15) is 4.79 Å². The number of carbonyl (C=O) groups is 1. The van der Waals surface area contributed by atoms with Crippen molar-refractivity contribution in [3.05, 3.63) is 58.4 Å². The first-order valence-electron chi connectivity index (χ1n) is 7.78. The van der Waals surface area contributed by atoms with E-state index in [2.05, 4.69) is 15.5 Å². The molecule has 0 atom stereocenters. The lowest BCUT2D eigenvalue weighted by Crippen LogP contribution is -2.13. The second kappa shape index (κ2) is 8.21. The summed E-state index contributed by atoms with van der Waals surface area (Å²) in [5, 5.41) is 11.4. The van der Waals surface area contributed by atoms with Crippen molar-refractivity contribution in [1.29, 1.82) is 0 Å². The Balaban J connectivity index is 1.64. The number of amides is 1. The normalized spacial score (nSPS) is 10.6. The van der Waals surface area contributed by atoms with E-state index in [0.717, 1.165) is 0 Å². The SMILES string of the molecule is COc1ccccc1-c1nnc(CCC(=O)Nc2c(Cl)cccc2Cl)o1. The smallest absolute Gasteiger partial charge is 0.251 e. The Morgan fingerprint density at radius 3 is 2.58 bits per heavy atom. The number of aryl methyl sites for hydroxylation is 1. The maximum atomic E-state index is 12.1. The van der Waals surface area contributed by atoms with E-state index in [4.69, 9.17) is 32.4 Å². The van der Waals surface area contributed by atoms with Crippen LogP contribution in [0.3, 0.4) is 0 Å². The van der Waals surface area contributed by atoms with Crippen LogP contribution in [0.15, 0.2) is 46.9 Å². The number of anilines is 1. The Bertz CT molecular complexity index is 907. The summed E-state index contributed by atoms with van der Waals surface area (Å²) in [6, 6.07) is 12.3. The number of ether oxygens (including phenoxy) is 1. The van der Waals surface area contributed by atoms with Crippen molar-refractivity contribution in [2.24, 2.45) is 0 Å². The highest BCUT2D eigenvalue weighted by Gasteiger charge is 2.15. The number of rotatable bonds is 6. The van der Waals surface area contributed by atoms with E-state index in [1.165, 1.54) is 0 Å². The van der Waals surface area contributed by atoms with Crippen LogP contribution < -0.4 is 10.1 Å². The van der Waals surface area contributed by atoms with Crippen molar-refractivity contribution in [3.63, 3.8) is 0 Å². The minimum atomic E-state index is -0.253. The molecule has 3 rings (SSSR count). The molecule has 0 bridgehead atoms. The predicted octanol–water partition coefficient (Wildman–Crippen LogP) is 4.62. The average molecular weight is 392 g/mol. The number of hydrogen-bond donors (Lipinski definition) is 1. The molecule has 0 aliphatic rings. The van der Waals surface area contributed by atoms with E-state index >= 15 is 0 Å². The minimum Gasteiger partial charge on any atom is -0.496 e. The molecule has 0 unspecified atom stereocenters. The fraction of sp³-hybridized carbons (Fsp3) is 0.167. The van der Waals surface area contributed by atoms with Crippen LogP contribution in [0.25, 0.3) is 11.5 Å². The van der Waals surface area contributed by atoms with Gasteiger partial charge in [0.2, 0.25) is 11.8 Å². The molecule has 1 aromatic heterocycles. The monoisotopic (exact) mass is 391 g/mol. The molecule has 26 heavy (non-hydrogen) atoms. The lowest BCUT2D eigenvalue weighted by molar-refractivity contribution is -0.116. The Labute approximate surface area is 160 Å². The van der Waals surface area contributed by atoms with Crippen molar-refractivity contribution < 1.29 is 13.9 Å². The zero-order valence-corrected chi connectivity index (χ0v) is 15.3. The number of benzene rings is 2. The molecule has 1 N–H and O–H groups in total. The van der Waals surface area contributed by atoms with Crippen LogP contribution in [0, 0.1) is 0 Å². The molecule has 3 aromatic rings. The number of para-hydroxylation sites is 2. The van der Waals surface area contributed by atoms with Gasteiger partial charge >= 0.3 is 0 Å². The second-order valence-corrected chi connectivity index (χ2v) is 6.16. The molecule has 0 spiro atoms. The minimum absolute atomic E-state index is 0.148. The fourth-order valence-corrected chi connectivity index (χ4v) is 2.82. The summed E-state index contributed by atoms with van der Waals surface area (Å²) in [5.74, 6) is 1.07. The van der Waals surface area contributed by atoms with Crippen molar-refractivity contribution in [2.75, 3.05) is 12.4 Å². The Morgan fingerprint density at radius 1 is 1.12 bits per heavy atom. The van der Waals surface area contributed by atoms with Crippen LogP contribution in [-0.4, -0.2) is 23.2 Å². The van der Waals surface area contributed by atoms with Gasteiger partial charge in [0, 0.05) is 12.8 Å². The third-order valence-corrected chi connectivity index (χ3v) is 4.23. The van der Waals surface area contributed by atoms with Gasteiger partial charge in [-0.05, 0) is 24.3 Å². The summed E-state index contributed by atoms with van der Waals surface area (Å²) in [7, 11) is 1.57. The highest BCUT2D eigenvalue weighted by molar-refractivity contribution is 6.39. The first kappa shape index (κ1) is 18.2. The molecule has 0 aliphatic heterocycles. The molecule has 8 heteroatoms. The van der Waals surface area contributed by atoms with Gasteiger partial charge in [0.15, 0.2) is 0 Å². The molecule has 1 heterocycles. The topological polar surface area (TPSA) is 77.2 Å². The van der Waals surface area contributed by atoms with E-state index in [1.807, 2.05) is 18.2 Å². The first-order valence-corrected chi connectivity index (χ1v) is 8.53. The van der Waals surface area contributed by atoms with E-state index in [1.54, 1.807) is 31.4 Å².